The summed E-state index contributed by atoms with van der Waals surface area (Å²) in [6, 6.07) is 1.78. The van der Waals surface area contributed by atoms with Gasteiger partial charge >= 0.3 is 0 Å². The van der Waals surface area contributed by atoms with Gasteiger partial charge in [-0.05, 0) is 13.0 Å². The van der Waals surface area contributed by atoms with Crippen LogP contribution in [0.1, 0.15) is 45.8 Å². The van der Waals surface area contributed by atoms with Gasteiger partial charge in [-0.1, -0.05) is 13.8 Å². The highest BCUT2D eigenvalue weighted by Gasteiger charge is 2.16. The van der Waals surface area contributed by atoms with Gasteiger partial charge in [-0.25, -0.2) is 19.9 Å². The van der Waals surface area contributed by atoms with Crippen LogP contribution >= 0.6 is 22.7 Å². The van der Waals surface area contributed by atoms with Crippen molar-refractivity contribution in [2.45, 2.75) is 33.1 Å². The van der Waals surface area contributed by atoms with Gasteiger partial charge in [0, 0.05) is 36.7 Å². The van der Waals surface area contributed by atoms with Gasteiger partial charge < -0.3 is 5.32 Å². The van der Waals surface area contributed by atoms with Crippen LogP contribution in [0.5, 0.6) is 0 Å². The van der Waals surface area contributed by atoms with Crippen LogP contribution in [0, 0.1) is 6.92 Å². The predicted molar refractivity (Wildman–Crippen MR) is 100 cm³/mol. The maximum Gasteiger partial charge on any atom is 0.263 e. The first-order chi connectivity index (χ1) is 12.0. The van der Waals surface area contributed by atoms with E-state index in [1.54, 1.807) is 18.5 Å². The molecule has 0 saturated heterocycles. The molecule has 0 fully saturated rings. The first-order valence-corrected chi connectivity index (χ1v) is 9.71. The molecule has 3 rings (SSSR count). The highest BCUT2D eigenvalue weighted by Crippen LogP contribution is 2.24. The van der Waals surface area contributed by atoms with Gasteiger partial charge in [0.05, 0.1) is 16.4 Å². The van der Waals surface area contributed by atoms with Crippen LogP contribution in [0.3, 0.4) is 0 Å². The third-order valence-corrected chi connectivity index (χ3v) is 5.83. The average molecular weight is 374 g/mol. The standard InChI is InChI=1S/C17H19N5OS2/c1-10(2)16-21-11(3)13(25-16)15(23)20-8-5-12-9-24-17(22-12)14-18-6-4-7-19-14/h4,6-7,9-10H,5,8H2,1-3H3,(H,20,23). The van der Waals surface area contributed by atoms with Crippen molar-refractivity contribution in [3.63, 3.8) is 0 Å². The molecule has 3 heterocycles. The molecule has 3 aromatic heterocycles. The SMILES string of the molecule is Cc1nc(C(C)C)sc1C(=O)NCCc1csc(-c2ncccn2)n1. The molecule has 6 nitrogen and oxygen atoms in total. The van der Waals surface area contributed by atoms with E-state index in [-0.39, 0.29) is 5.91 Å². The Hall–Kier alpha value is -2.19. The summed E-state index contributed by atoms with van der Waals surface area (Å²) >= 11 is 2.98. The molecular weight excluding hydrogens is 354 g/mol. The minimum atomic E-state index is -0.0660. The topological polar surface area (TPSA) is 80.7 Å². The minimum absolute atomic E-state index is 0.0660. The number of thiazole rings is 2. The van der Waals surface area contributed by atoms with Crippen LogP contribution in [0.15, 0.2) is 23.8 Å². The third kappa shape index (κ3) is 4.26. The zero-order valence-corrected chi connectivity index (χ0v) is 15.9. The van der Waals surface area contributed by atoms with E-state index in [0.29, 0.717) is 29.6 Å². The fraction of sp³-hybridized carbons (Fsp3) is 0.353. The number of hydrogen-bond acceptors (Lipinski definition) is 7. The highest BCUT2D eigenvalue weighted by molar-refractivity contribution is 7.14. The molecule has 0 spiro atoms. The maximum absolute atomic E-state index is 12.3. The maximum atomic E-state index is 12.3. The third-order valence-electron chi connectivity index (χ3n) is 3.49. The number of amides is 1. The molecule has 0 radical (unpaired) electrons. The highest BCUT2D eigenvalue weighted by atomic mass is 32.1. The second-order valence-electron chi connectivity index (χ2n) is 5.84. The summed E-state index contributed by atoms with van der Waals surface area (Å²) in [5.41, 5.74) is 1.72. The van der Waals surface area contributed by atoms with E-state index in [1.807, 2.05) is 12.3 Å². The quantitative estimate of drug-likeness (QED) is 0.716. The Morgan fingerprint density at radius 3 is 2.68 bits per heavy atom. The van der Waals surface area contributed by atoms with E-state index in [1.165, 1.54) is 22.7 Å². The Bertz CT molecular complexity index is 857. The molecule has 0 bridgehead atoms. The van der Waals surface area contributed by atoms with Gasteiger partial charge in [-0.15, -0.1) is 22.7 Å². The summed E-state index contributed by atoms with van der Waals surface area (Å²) in [7, 11) is 0. The van der Waals surface area contributed by atoms with Crippen LogP contribution in [0.2, 0.25) is 0 Å². The van der Waals surface area contributed by atoms with Gasteiger partial charge in [0.15, 0.2) is 10.8 Å². The summed E-state index contributed by atoms with van der Waals surface area (Å²) in [4.78, 5) is 30.4. The van der Waals surface area contributed by atoms with Crippen molar-refractivity contribution in [1.29, 1.82) is 0 Å². The summed E-state index contributed by atoms with van der Waals surface area (Å²) in [6.45, 7) is 6.57. The Morgan fingerprint density at radius 1 is 1.24 bits per heavy atom. The Balaban J connectivity index is 1.56. The van der Waals surface area contributed by atoms with E-state index in [0.717, 1.165) is 21.4 Å². The van der Waals surface area contributed by atoms with E-state index in [4.69, 9.17) is 0 Å². The normalized spacial score (nSPS) is 11.0. The lowest BCUT2D eigenvalue weighted by Gasteiger charge is -2.02. The summed E-state index contributed by atoms with van der Waals surface area (Å²) < 4.78 is 0. The molecule has 0 saturated carbocycles. The van der Waals surface area contributed by atoms with E-state index < -0.39 is 0 Å². The number of carbonyl (C=O) groups is 1. The van der Waals surface area contributed by atoms with Gasteiger partial charge in [0.2, 0.25) is 0 Å². The first-order valence-electron chi connectivity index (χ1n) is 8.02. The Morgan fingerprint density at radius 2 is 2.00 bits per heavy atom. The van der Waals surface area contributed by atoms with Gasteiger partial charge in [-0.2, -0.15) is 0 Å². The molecule has 0 aliphatic rings. The molecule has 1 amide bonds. The lowest BCUT2D eigenvalue weighted by Crippen LogP contribution is -2.25. The van der Waals surface area contributed by atoms with Gasteiger partial charge in [0.1, 0.15) is 4.88 Å². The minimum Gasteiger partial charge on any atom is -0.351 e. The van der Waals surface area contributed by atoms with Crippen LogP contribution in [0.25, 0.3) is 10.8 Å². The number of nitrogens with zero attached hydrogens (tertiary/aromatic N) is 4. The zero-order valence-electron chi connectivity index (χ0n) is 14.3. The van der Waals surface area contributed by atoms with E-state index in [9.17, 15) is 4.79 Å². The largest absolute Gasteiger partial charge is 0.351 e. The van der Waals surface area contributed by atoms with Crippen molar-refractivity contribution < 1.29 is 4.79 Å². The molecule has 0 atom stereocenters. The smallest absolute Gasteiger partial charge is 0.263 e. The van der Waals surface area contributed by atoms with Crippen LogP contribution in [-0.2, 0) is 6.42 Å². The fourth-order valence-corrected chi connectivity index (χ4v) is 3.98. The van der Waals surface area contributed by atoms with Crippen molar-refractivity contribution in [1.82, 2.24) is 25.3 Å². The lowest BCUT2D eigenvalue weighted by atomic mass is 10.2. The monoisotopic (exact) mass is 373 g/mol. The van der Waals surface area contributed by atoms with Crippen LogP contribution < -0.4 is 5.32 Å². The van der Waals surface area contributed by atoms with Crippen molar-refractivity contribution in [2.24, 2.45) is 0 Å². The summed E-state index contributed by atoms with van der Waals surface area (Å²) in [6.07, 6.45) is 4.07. The summed E-state index contributed by atoms with van der Waals surface area (Å²) in [5.74, 6) is 0.895. The zero-order chi connectivity index (χ0) is 17.8. The van der Waals surface area contributed by atoms with Crippen molar-refractivity contribution in [2.75, 3.05) is 6.54 Å². The van der Waals surface area contributed by atoms with Gasteiger partial charge in [-0.3, -0.25) is 4.79 Å². The molecule has 0 unspecified atom stereocenters. The molecule has 1 N–H and O–H groups in total. The molecule has 0 aromatic carbocycles. The number of rotatable bonds is 6. The molecule has 130 valence electrons. The molecule has 3 aromatic rings. The number of aryl methyl sites for hydroxylation is 1. The number of nitrogens with one attached hydrogen (secondary N) is 1. The van der Waals surface area contributed by atoms with Crippen LogP contribution in [-0.4, -0.2) is 32.4 Å². The molecule has 25 heavy (non-hydrogen) atoms. The van der Waals surface area contributed by atoms with E-state index >= 15 is 0 Å². The molecule has 0 aliphatic carbocycles. The first kappa shape index (κ1) is 17.6. The molecular formula is C17H19N5OS2. The van der Waals surface area contributed by atoms with Gasteiger partial charge in [0.25, 0.3) is 5.91 Å². The van der Waals surface area contributed by atoms with E-state index in [2.05, 4.69) is 39.1 Å². The summed E-state index contributed by atoms with van der Waals surface area (Å²) in [5, 5.41) is 6.72. The van der Waals surface area contributed by atoms with Crippen molar-refractivity contribution in [3.05, 3.63) is 45.1 Å². The second kappa shape index (κ2) is 7.79. The average Bonchev–Trinajstić information content (AvgIpc) is 3.22. The Kier molecular flexibility index (Phi) is 5.50. The second-order valence-corrected chi connectivity index (χ2v) is 7.73. The van der Waals surface area contributed by atoms with Crippen molar-refractivity contribution >= 4 is 28.6 Å². The fourth-order valence-electron chi connectivity index (χ4n) is 2.19. The Labute approximate surface area is 154 Å². The predicted octanol–water partition coefficient (Wildman–Crippen LogP) is 3.46. The number of hydrogen-bond donors (Lipinski definition) is 1. The lowest BCUT2D eigenvalue weighted by molar-refractivity contribution is 0.0957. The number of aromatic nitrogens is 4. The van der Waals surface area contributed by atoms with Crippen molar-refractivity contribution in [3.8, 4) is 10.8 Å². The molecule has 8 heteroatoms. The van der Waals surface area contributed by atoms with Crippen LogP contribution in [0.4, 0.5) is 0 Å². The molecule has 0 aliphatic heterocycles. The number of carbonyl (C=O) groups excluding carboxylic acids is 1.